The van der Waals surface area contributed by atoms with Crippen LogP contribution in [0.3, 0.4) is 0 Å². The number of nitrogens with zero attached hydrogens (tertiary/aromatic N) is 2. The zero-order chi connectivity index (χ0) is 30.2. The zero-order valence-corrected chi connectivity index (χ0v) is 25.6. The Hall–Kier alpha value is -3.85. The lowest BCUT2D eigenvalue weighted by Crippen LogP contribution is -2.55. The van der Waals surface area contributed by atoms with E-state index >= 15 is 0 Å². The van der Waals surface area contributed by atoms with Crippen LogP contribution in [-0.4, -0.2) is 49.9 Å². The molecular formula is C32H41N3O5S. The Bertz CT molecular complexity index is 1420. The van der Waals surface area contributed by atoms with Crippen LogP contribution in [0.15, 0.2) is 83.8 Å². The van der Waals surface area contributed by atoms with E-state index in [1.165, 1.54) is 17.0 Å². The summed E-state index contributed by atoms with van der Waals surface area (Å²) in [5.74, 6) is -0.194. The monoisotopic (exact) mass is 579 g/mol. The Morgan fingerprint density at radius 2 is 1.59 bits per heavy atom. The molecular weight excluding hydrogens is 538 g/mol. The second-order valence-corrected chi connectivity index (χ2v) is 12.8. The van der Waals surface area contributed by atoms with E-state index in [0.29, 0.717) is 24.5 Å². The van der Waals surface area contributed by atoms with Crippen molar-refractivity contribution in [3.05, 3.63) is 90.0 Å². The molecule has 0 aliphatic heterocycles. The van der Waals surface area contributed by atoms with Gasteiger partial charge in [-0.05, 0) is 83.0 Å². The lowest BCUT2D eigenvalue weighted by Gasteiger charge is -2.34. The fraction of sp³-hybridized carbons (Fsp3) is 0.375. The van der Waals surface area contributed by atoms with Gasteiger partial charge in [-0.3, -0.25) is 13.9 Å². The molecule has 0 saturated carbocycles. The molecule has 0 aliphatic carbocycles. The number of nitrogens with one attached hydrogen (secondary N) is 1. The molecule has 0 aliphatic rings. The van der Waals surface area contributed by atoms with Crippen molar-refractivity contribution in [3.63, 3.8) is 0 Å². The Labute approximate surface area is 244 Å². The summed E-state index contributed by atoms with van der Waals surface area (Å²) in [7, 11) is -4.12. The third-order valence-electron chi connectivity index (χ3n) is 6.37. The fourth-order valence-corrected chi connectivity index (χ4v) is 5.94. The molecule has 2 amide bonds. The van der Waals surface area contributed by atoms with E-state index in [9.17, 15) is 18.0 Å². The third kappa shape index (κ3) is 8.57. The quantitative estimate of drug-likeness (QED) is 0.314. The van der Waals surface area contributed by atoms with Gasteiger partial charge in [-0.15, -0.1) is 0 Å². The van der Waals surface area contributed by atoms with Crippen LogP contribution >= 0.6 is 0 Å². The van der Waals surface area contributed by atoms with Crippen LogP contribution in [0.5, 0.6) is 5.75 Å². The van der Waals surface area contributed by atoms with E-state index < -0.39 is 34.1 Å². The van der Waals surface area contributed by atoms with E-state index in [2.05, 4.69) is 5.32 Å². The molecule has 3 rings (SSSR count). The molecule has 3 aromatic carbocycles. The molecule has 0 heterocycles. The number of carbonyl (C=O) groups excluding carboxylic acids is 2. The van der Waals surface area contributed by atoms with Gasteiger partial charge in [0.2, 0.25) is 11.8 Å². The molecule has 1 unspecified atom stereocenters. The van der Waals surface area contributed by atoms with Crippen molar-refractivity contribution in [1.29, 1.82) is 0 Å². The molecule has 9 heteroatoms. The maximum Gasteiger partial charge on any atom is 0.264 e. The van der Waals surface area contributed by atoms with Crippen molar-refractivity contribution in [2.75, 3.05) is 17.5 Å². The molecule has 1 atom stereocenters. The van der Waals surface area contributed by atoms with E-state index in [1.54, 1.807) is 42.5 Å². The van der Waals surface area contributed by atoms with Crippen molar-refractivity contribution >= 4 is 27.5 Å². The SMILES string of the molecule is CCOc1ccc(N(CC(=O)N(Cc2cccc(C)c2)C(CC)C(=O)NC(C)(C)C)S(=O)(=O)c2ccccc2)cc1. The lowest BCUT2D eigenvalue weighted by atomic mass is 10.0. The highest BCUT2D eigenvalue weighted by atomic mass is 32.2. The van der Waals surface area contributed by atoms with Gasteiger partial charge in [-0.25, -0.2) is 8.42 Å². The molecule has 3 aromatic rings. The zero-order valence-electron chi connectivity index (χ0n) is 24.8. The maximum atomic E-state index is 14.1. The predicted molar refractivity (Wildman–Crippen MR) is 162 cm³/mol. The normalized spacial score (nSPS) is 12.3. The van der Waals surface area contributed by atoms with Crippen molar-refractivity contribution in [2.45, 2.75) is 71.0 Å². The lowest BCUT2D eigenvalue weighted by molar-refractivity contribution is -0.141. The summed E-state index contributed by atoms with van der Waals surface area (Å²) in [5.41, 5.74) is 1.67. The summed E-state index contributed by atoms with van der Waals surface area (Å²) < 4.78 is 34.4. The van der Waals surface area contributed by atoms with Crippen molar-refractivity contribution in [2.24, 2.45) is 0 Å². The maximum absolute atomic E-state index is 14.1. The molecule has 220 valence electrons. The van der Waals surface area contributed by atoms with Gasteiger partial charge in [0.05, 0.1) is 17.2 Å². The van der Waals surface area contributed by atoms with E-state index in [4.69, 9.17) is 4.74 Å². The van der Waals surface area contributed by atoms with E-state index in [1.807, 2.05) is 65.8 Å². The first kappa shape index (κ1) is 31.7. The summed E-state index contributed by atoms with van der Waals surface area (Å²) >= 11 is 0. The first-order valence-corrected chi connectivity index (χ1v) is 15.3. The number of sulfonamides is 1. The van der Waals surface area contributed by atoms with Crippen LogP contribution in [0.1, 0.15) is 52.2 Å². The second-order valence-electron chi connectivity index (χ2n) is 10.9. The molecule has 0 saturated heterocycles. The molecule has 8 nitrogen and oxygen atoms in total. The molecule has 0 spiro atoms. The van der Waals surface area contributed by atoms with Crippen LogP contribution in [0, 0.1) is 6.92 Å². The van der Waals surface area contributed by atoms with Gasteiger partial charge < -0.3 is 15.0 Å². The Balaban J connectivity index is 2.06. The minimum atomic E-state index is -4.12. The Morgan fingerprint density at radius 1 is 0.927 bits per heavy atom. The highest BCUT2D eigenvalue weighted by molar-refractivity contribution is 7.92. The largest absolute Gasteiger partial charge is 0.494 e. The Morgan fingerprint density at radius 3 is 2.15 bits per heavy atom. The number of aryl methyl sites for hydroxylation is 1. The molecule has 0 bridgehead atoms. The van der Waals surface area contributed by atoms with E-state index in [-0.39, 0.29) is 17.3 Å². The fourth-order valence-electron chi connectivity index (χ4n) is 4.50. The standard InChI is InChI=1S/C32H41N3O5S/c1-7-29(31(37)33-32(4,5)6)34(22-25-14-12-13-24(3)21-25)30(36)23-35(26-17-19-27(20-18-26)40-8-2)41(38,39)28-15-10-9-11-16-28/h9-21,29H,7-8,22-23H2,1-6H3,(H,33,37). The van der Waals surface area contributed by atoms with Gasteiger partial charge in [0.15, 0.2) is 0 Å². The Kier molecular flexibility index (Phi) is 10.6. The molecule has 0 aromatic heterocycles. The minimum absolute atomic E-state index is 0.0597. The highest BCUT2D eigenvalue weighted by Crippen LogP contribution is 2.27. The van der Waals surface area contributed by atoms with Gasteiger partial charge in [0, 0.05) is 12.1 Å². The summed E-state index contributed by atoms with van der Waals surface area (Å²) in [5, 5.41) is 2.98. The van der Waals surface area contributed by atoms with Crippen molar-refractivity contribution in [3.8, 4) is 5.75 Å². The average Bonchev–Trinajstić information content (AvgIpc) is 2.91. The van der Waals surface area contributed by atoms with Crippen LogP contribution in [0.25, 0.3) is 0 Å². The number of amides is 2. The van der Waals surface area contributed by atoms with Gasteiger partial charge in [0.25, 0.3) is 10.0 Å². The first-order chi connectivity index (χ1) is 19.4. The third-order valence-corrected chi connectivity index (χ3v) is 8.15. The first-order valence-electron chi connectivity index (χ1n) is 13.8. The topological polar surface area (TPSA) is 96.0 Å². The number of benzene rings is 3. The van der Waals surface area contributed by atoms with Crippen LogP contribution in [0.2, 0.25) is 0 Å². The summed E-state index contributed by atoms with van der Waals surface area (Å²) in [4.78, 5) is 29.1. The molecule has 0 radical (unpaired) electrons. The van der Waals surface area contributed by atoms with Gasteiger partial charge >= 0.3 is 0 Å². The smallest absolute Gasteiger partial charge is 0.264 e. The van der Waals surface area contributed by atoms with Gasteiger partial charge in [0.1, 0.15) is 18.3 Å². The summed E-state index contributed by atoms with van der Waals surface area (Å²) in [6, 6.07) is 21.5. The van der Waals surface area contributed by atoms with Crippen LogP contribution in [0.4, 0.5) is 5.69 Å². The van der Waals surface area contributed by atoms with Gasteiger partial charge in [-0.1, -0.05) is 55.0 Å². The van der Waals surface area contributed by atoms with Gasteiger partial charge in [-0.2, -0.15) is 0 Å². The summed E-state index contributed by atoms with van der Waals surface area (Å²) in [6.45, 7) is 11.4. The molecule has 1 N–H and O–H groups in total. The number of anilines is 1. The average molecular weight is 580 g/mol. The van der Waals surface area contributed by atoms with Crippen LogP contribution in [-0.2, 0) is 26.2 Å². The van der Waals surface area contributed by atoms with Crippen LogP contribution < -0.4 is 14.4 Å². The molecule has 0 fully saturated rings. The number of carbonyl (C=O) groups is 2. The van der Waals surface area contributed by atoms with Crippen molar-refractivity contribution in [1.82, 2.24) is 10.2 Å². The highest BCUT2D eigenvalue weighted by Gasteiger charge is 2.34. The molecule has 41 heavy (non-hydrogen) atoms. The van der Waals surface area contributed by atoms with Crippen molar-refractivity contribution < 1.29 is 22.7 Å². The van der Waals surface area contributed by atoms with E-state index in [0.717, 1.165) is 15.4 Å². The number of ether oxygens (including phenoxy) is 1. The number of hydrogen-bond acceptors (Lipinski definition) is 5. The summed E-state index contributed by atoms with van der Waals surface area (Å²) in [6.07, 6.45) is 0.355. The second kappa shape index (κ2) is 13.7. The number of hydrogen-bond donors (Lipinski definition) is 1. The predicted octanol–water partition coefficient (Wildman–Crippen LogP) is 5.31. The number of rotatable bonds is 12. The minimum Gasteiger partial charge on any atom is -0.494 e.